The fourth-order valence-corrected chi connectivity index (χ4v) is 7.76. The summed E-state index contributed by atoms with van der Waals surface area (Å²) in [6.07, 6.45) is 3.18. The molecule has 0 amide bonds. The minimum Gasteiger partial charge on any atom is -0.491 e. The largest absolute Gasteiger partial charge is 0.491 e. The maximum absolute atomic E-state index is 16.4. The highest BCUT2D eigenvalue weighted by atomic mass is 19.2. The Balaban J connectivity index is 1.29. The summed E-state index contributed by atoms with van der Waals surface area (Å²) in [5.41, 5.74) is 4.66. The van der Waals surface area contributed by atoms with Gasteiger partial charge in [-0.25, -0.2) is 17.6 Å². The lowest BCUT2D eigenvalue weighted by atomic mass is 9.95. The molecule has 0 radical (unpaired) electrons. The molecule has 216 valence electrons. The van der Waals surface area contributed by atoms with Crippen LogP contribution < -0.4 is 25.4 Å². The lowest BCUT2D eigenvalue weighted by Gasteiger charge is -2.40. The molecule has 3 aromatic rings. The third kappa shape index (κ3) is 3.86. The second-order valence-electron chi connectivity index (χ2n) is 12.1. The lowest BCUT2D eigenvalue weighted by molar-refractivity contribution is 0.107. The first kappa shape index (κ1) is 25.3. The number of hydrogen-bond acceptors (Lipinski definition) is 8. The van der Waals surface area contributed by atoms with Gasteiger partial charge in [-0.05, 0) is 50.4 Å². The molecule has 2 aromatic carbocycles. The van der Waals surface area contributed by atoms with Gasteiger partial charge in [-0.3, -0.25) is 4.90 Å². The Morgan fingerprint density at radius 1 is 1.10 bits per heavy atom. The van der Waals surface area contributed by atoms with Crippen molar-refractivity contribution in [2.45, 2.75) is 61.9 Å². The fourth-order valence-electron chi connectivity index (χ4n) is 7.76. The average molecular weight is 571 g/mol. The van der Waals surface area contributed by atoms with Crippen molar-refractivity contribution in [3.63, 3.8) is 0 Å². The molecule has 4 fully saturated rings. The molecule has 5 aliphatic rings. The smallest absolute Gasteiger partial charge is 0.319 e. The van der Waals surface area contributed by atoms with Crippen LogP contribution in [0.25, 0.3) is 22.0 Å². The predicted octanol–water partition coefficient (Wildman–Crippen LogP) is 3.95. The summed E-state index contributed by atoms with van der Waals surface area (Å²) in [5, 5.41) is 3.99. The highest BCUT2D eigenvalue weighted by Crippen LogP contribution is 2.46. The van der Waals surface area contributed by atoms with Crippen LogP contribution in [0.15, 0.2) is 18.2 Å². The highest BCUT2D eigenvalue weighted by Gasteiger charge is 2.50. The first-order valence-corrected chi connectivity index (χ1v) is 14.3. The SMILES string of the molecule is Nc1cc(F)c(F)c(-c2cc3c4c(nc(OC[C@@]56CCCN5C[C@H](F)C6)nc4c2F)N2C[C@H]4CC[C@H](N4)[C@@H]2CO3)c1. The normalized spacial score (nSPS) is 30.3. The van der Waals surface area contributed by atoms with Crippen LogP contribution in [0.5, 0.6) is 11.8 Å². The van der Waals surface area contributed by atoms with Crippen LogP contribution in [-0.2, 0) is 0 Å². The van der Waals surface area contributed by atoms with Crippen molar-refractivity contribution >= 4 is 22.4 Å². The van der Waals surface area contributed by atoms with Crippen LogP contribution in [0.1, 0.15) is 32.1 Å². The second kappa shape index (κ2) is 9.06. The number of ether oxygens (including phenoxy) is 2. The number of nitrogens with zero attached hydrogens (tertiary/aromatic N) is 4. The Morgan fingerprint density at radius 2 is 1.95 bits per heavy atom. The number of nitrogen functional groups attached to an aromatic ring is 1. The van der Waals surface area contributed by atoms with Gasteiger partial charge < -0.3 is 25.4 Å². The molecule has 8 rings (SSSR count). The molecule has 12 heteroatoms. The Kier molecular flexibility index (Phi) is 5.60. The van der Waals surface area contributed by atoms with E-state index in [-0.39, 0.29) is 58.8 Å². The number of benzene rings is 2. The van der Waals surface area contributed by atoms with Crippen molar-refractivity contribution in [2.24, 2.45) is 0 Å². The number of hydrogen-bond donors (Lipinski definition) is 2. The summed E-state index contributed by atoms with van der Waals surface area (Å²) in [6.45, 7) is 2.30. The molecule has 2 bridgehead atoms. The number of halogens is 4. The minimum atomic E-state index is -1.22. The standard InChI is InChI=1S/C29H30F4N6O2/c30-14-9-29(4-1-5-38(29)10-14)13-41-28-36-26-23-22(8-18(25(26)33)17-6-15(34)7-19(31)24(17)32)40-12-21-20-3-2-16(35-20)11-39(21)27(23)37-28/h6-8,14,16,20-21,35H,1-5,9-13,34H2/t14-,16-,20+,21+,29+/m1/s1. The number of aromatic nitrogens is 2. The quantitative estimate of drug-likeness (QED) is 0.360. The summed E-state index contributed by atoms with van der Waals surface area (Å²) >= 11 is 0. The van der Waals surface area contributed by atoms with Gasteiger partial charge in [-0.1, -0.05) is 0 Å². The van der Waals surface area contributed by atoms with Crippen molar-refractivity contribution in [2.75, 3.05) is 43.5 Å². The van der Waals surface area contributed by atoms with Gasteiger partial charge in [0.15, 0.2) is 17.5 Å². The Hall–Kier alpha value is -3.38. The van der Waals surface area contributed by atoms with Crippen LogP contribution >= 0.6 is 0 Å². The second-order valence-corrected chi connectivity index (χ2v) is 12.1. The minimum absolute atomic E-state index is 0.0382. The van der Waals surface area contributed by atoms with Crippen LogP contribution in [-0.4, -0.2) is 77.6 Å². The van der Waals surface area contributed by atoms with E-state index in [0.717, 1.165) is 38.3 Å². The molecule has 5 aliphatic heterocycles. The number of rotatable bonds is 4. The van der Waals surface area contributed by atoms with E-state index in [1.165, 1.54) is 12.1 Å². The van der Waals surface area contributed by atoms with E-state index in [2.05, 4.69) is 20.1 Å². The molecule has 3 N–H and O–H groups in total. The van der Waals surface area contributed by atoms with Gasteiger partial charge in [0.05, 0.1) is 17.0 Å². The van der Waals surface area contributed by atoms with Crippen molar-refractivity contribution in [1.82, 2.24) is 20.2 Å². The van der Waals surface area contributed by atoms with Crippen molar-refractivity contribution in [3.05, 3.63) is 35.7 Å². The van der Waals surface area contributed by atoms with E-state index < -0.39 is 29.2 Å². The summed E-state index contributed by atoms with van der Waals surface area (Å²) in [7, 11) is 0. The molecule has 8 nitrogen and oxygen atoms in total. The maximum atomic E-state index is 16.4. The molecular formula is C29H30F4N6O2. The van der Waals surface area contributed by atoms with Gasteiger partial charge >= 0.3 is 6.01 Å². The Labute approximate surface area is 233 Å². The number of nitrogens with two attached hydrogens (primary N) is 1. The first-order valence-electron chi connectivity index (χ1n) is 14.3. The zero-order valence-corrected chi connectivity index (χ0v) is 22.3. The number of nitrogens with one attached hydrogen (secondary N) is 1. The van der Waals surface area contributed by atoms with E-state index in [4.69, 9.17) is 20.2 Å². The molecule has 4 saturated heterocycles. The van der Waals surface area contributed by atoms with Gasteiger partial charge in [-0.2, -0.15) is 9.97 Å². The monoisotopic (exact) mass is 570 g/mol. The third-order valence-electron chi connectivity index (χ3n) is 9.65. The highest BCUT2D eigenvalue weighted by molar-refractivity contribution is 5.99. The van der Waals surface area contributed by atoms with Crippen LogP contribution in [0, 0.1) is 17.5 Å². The van der Waals surface area contributed by atoms with Gasteiger partial charge in [0.1, 0.15) is 36.5 Å². The van der Waals surface area contributed by atoms with Gasteiger partial charge in [0.2, 0.25) is 0 Å². The lowest BCUT2D eigenvalue weighted by Crippen LogP contribution is -2.60. The molecule has 41 heavy (non-hydrogen) atoms. The number of piperazine rings is 1. The molecule has 0 aliphatic carbocycles. The fraction of sp³-hybridized carbons (Fsp3) is 0.517. The molecule has 0 saturated carbocycles. The molecule has 6 heterocycles. The summed E-state index contributed by atoms with van der Waals surface area (Å²) in [4.78, 5) is 13.5. The third-order valence-corrected chi connectivity index (χ3v) is 9.65. The number of alkyl halides is 1. The predicted molar refractivity (Wildman–Crippen MR) is 144 cm³/mol. The molecule has 0 unspecified atom stereocenters. The van der Waals surface area contributed by atoms with E-state index in [1.807, 2.05) is 0 Å². The average Bonchev–Trinajstić information content (AvgIpc) is 3.58. The zero-order chi connectivity index (χ0) is 28.0. The Bertz CT molecular complexity index is 1570. The molecular weight excluding hydrogens is 540 g/mol. The van der Waals surface area contributed by atoms with E-state index in [1.54, 1.807) is 0 Å². The van der Waals surface area contributed by atoms with Gasteiger partial charge in [0, 0.05) is 48.4 Å². The number of fused-ring (bicyclic) bond motifs is 6. The molecule has 5 atom stereocenters. The maximum Gasteiger partial charge on any atom is 0.319 e. The zero-order valence-electron chi connectivity index (χ0n) is 22.3. The van der Waals surface area contributed by atoms with Gasteiger partial charge in [0.25, 0.3) is 0 Å². The molecule has 0 spiro atoms. The van der Waals surface area contributed by atoms with E-state index in [9.17, 15) is 13.2 Å². The van der Waals surface area contributed by atoms with Crippen molar-refractivity contribution in [3.8, 4) is 22.9 Å². The summed E-state index contributed by atoms with van der Waals surface area (Å²) in [5.74, 6) is -2.48. The summed E-state index contributed by atoms with van der Waals surface area (Å²) in [6, 6.07) is 3.72. The number of anilines is 2. The van der Waals surface area contributed by atoms with Gasteiger partial charge in [-0.15, -0.1) is 0 Å². The van der Waals surface area contributed by atoms with Crippen molar-refractivity contribution < 1.29 is 27.0 Å². The van der Waals surface area contributed by atoms with Crippen LogP contribution in [0.2, 0.25) is 0 Å². The first-order chi connectivity index (χ1) is 19.8. The summed E-state index contributed by atoms with van der Waals surface area (Å²) < 4.78 is 72.5. The molecule has 1 aromatic heterocycles. The Morgan fingerprint density at radius 3 is 2.83 bits per heavy atom. The van der Waals surface area contributed by atoms with Crippen molar-refractivity contribution in [1.29, 1.82) is 0 Å². The van der Waals surface area contributed by atoms with E-state index >= 15 is 4.39 Å². The van der Waals surface area contributed by atoms with Crippen LogP contribution in [0.4, 0.5) is 29.1 Å². The van der Waals surface area contributed by atoms with E-state index in [0.29, 0.717) is 37.3 Å². The van der Waals surface area contributed by atoms with Crippen LogP contribution in [0.3, 0.4) is 0 Å². The topological polar surface area (TPSA) is 88.8 Å².